The summed E-state index contributed by atoms with van der Waals surface area (Å²) in [5.41, 5.74) is 1.62. The van der Waals surface area contributed by atoms with E-state index in [1.54, 1.807) is 55.5 Å². The number of aromatic nitrogens is 3. The molecule has 174 valence electrons. The van der Waals surface area contributed by atoms with Crippen LogP contribution in [0.25, 0.3) is 5.69 Å². The molecule has 0 bridgehead atoms. The van der Waals surface area contributed by atoms with Crippen LogP contribution >= 0.6 is 35.1 Å². The van der Waals surface area contributed by atoms with Gasteiger partial charge in [-0.2, -0.15) is 20.1 Å². The zero-order valence-corrected chi connectivity index (χ0v) is 21.2. The highest BCUT2D eigenvalue weighted by Gasteiger charge is 2.25. The van der Waals surface area contributed by atoms with Crippen LogP contribution in [-0.4, -0.2) is 26.2 Å². The minimum atomic E-state index is -1.53. The summed E-state index contributed by atoms with van der Waals surface area (Å²) in [5, 5.41) is 20.2. The maximum absolute atomic E-state index is 14.3. The van der Waals surface area contributed by atoms with E-state index in [9.17, 15) is 14.4 Å². The molecule has 1 aliphatic rings. The second kappa shape index (κ2) is 9.41. The van der Waals surface area contributed by atoms with Crippen LogP contribution in [0.4, 0.5) is 10.1 Å². The molecule has 0 atom stereocenters. The van der Waals surface area contributed by atoms with Crippen molar-refractivity contribution in [2.45, 2.75) is 37.1 Å². The van der Waals surface area contributed by atoms with Crippen LogP contribution < -0.4 is 10.6 Å². The third-order valence-corrected chi connectivity index (χ3v) is 7.53. The maximum atomic E-state index is 14.3. The van der Waals surface area contributed by atoms with Crippen molar-refractivity contribution in [1.82, 2.24) is 14.8 Å². The number of nitrogens with zero attached hydrogens (tertiary/aromatic N) is 6. The Morgan fingerprint density at radius 2 is 2.06 bits per heavy atom. The minimum absolute atomic E-state index is 0.277. The summed E-state index contributed by atoms with van der Waals surface area (Å²) in [6, 6.07) is 10.5. The van der Waals surface area contributed by atoms with Crippen molar-refractivity contribution in [2.75, 3.05) is 12.1 Å². The summed E-state index contributed by atoms with van der Waals surface area (Å²) in [7, 11) is 1.75. The van der Waals surface area contributed by atoms with Crippen molar-refractivity contribution in [3.8, 4) is 11.8 Å². The Balaban J connectivity index is 1.60. The predicted octanol–water partition coefficient (Wildman–Crippen LogP) is 5.41. The highest BCUT2D eigenvalue weighted by Crippen LogP contribution is 2.37. The third-order valence-electron chi connectivity index (χ3n) is 5.10. The lowest BCUT2D eigenvalue weighted by molar-refractivity contribution is 0.221. The normalized spacial score (nSPS) is 13.3. The van der Waals surface area contributed by atoms with Gasteiger partial charge in [-0.25, -0.2) is 9.37 Å². The number of pyridine rings is 1. The molecule has 0 radical (unpaired) electrons. The Morgan fingerprint density at radius 3 is 2.74 bits per heavy atom. The van der Waals surface area contributed by atoms with E-state index in [0.29, 0.717) is 43.2 Å². The fraction of sp³-hybridized carbons (Fsp3) is 0.261. The molecule has 1 aromatic carbocycles. The Hall–Kier alpha value is -2.87. The van der Waals surface area contributed by atoms with Gasteiger partial charge in [0, 0.05) is 24.6 Å². The lowest BCUT2D eigenvalue weighted by Crippen LogP contribution is -2.28. The van der Waals surface area contributed by atoms with Crippen LogP contribution in [0.1, 0.15) is 36.2 Å². The molecule has 2 aromatic heterocycles. The van der Waals surface area contributed by atoms with Crippen molar-refractivity contribution >= 4 is 45.2 Å². The summed E-state index contributed by atoms with van der Waals surface area (Å²) in [6.07, 6.45) is 1.59. The van der Waals surface area contributed by atoms with Crippen LogP contribution in [0.15, 0.2) is 51.3 Å². The summed E-state index contributed by atoms with van der Waals surface area (Å²) in [4.78, 5) is 17.9. The number of nitriles is 1. The van der Waals surface area contributed by atoms with E-state index >= 15 is 0 Å². The number of fused-ring (bicyclic) bond motifs is 1. The Bertz CT molecular complexity index is 1390. The van der Waals surface area contributed by atoms with Crippen molar-refractivity contribution in [3.05, 3.63) is 74.4 Å². The number of hydrogen-bond donors (Lipinski definition) is 0. The molecule has 3 heterocycles. The largest absolute Gasteiger partial charge is 0.287 e. The first kappa shape index (κ1) is 24.3. The maximum Gasteiger partial charge on any atom is 0.287 e. The lowest BCUT2D eigenvalue weighted by atomic mass is 9.96. The van der Waals surface area contributed by atoms with Gasteiger partial charge < -0.3 is 0 Å². The van der Waals surface area contributed by atoms with Gasteiger partial charge in [0.1, 0.15) is 15.7 Å². The van der Waals surface area contributed by atoms with E-state index < -0.39 is 5.67 Å². The van der Waals surface area contributed by atoms with Crippen LogP contribution in [-0.2, 0) is 11.4 Å². The lowest BCUT2D eigenvalue weighted by Gasteiger charge is -2.23. The zero-order chi connectivity index (χ0) is 24.6. The van der Waals surface area contributed by atoms with Crippen molar-refractivity contribution in [1.29, 1.82) is 5.26 Å². The van der Waals surface area contributed by atoms with E-state index in [-0.39, 0.29) is 10.7 Å². The molecule has 0 spiro atoms. The molecule has 1 aliphatic heterocycles. The monoisotopic (exact) mass is 514 g/mol. The van der Waals surface area contributed by atoms with E-state index in [2.05, 4.69) is 21.3 Å². The second-order valence-electron chi connectivity index (χ2n) is 8.10. The predicted molar refractivity (Wildman–Crippen MR) is 136 cm³/mol. The second-order valence-corrected chi connectivity index (χ2v) is 10.7. The third kappa shape index (κ3) is 4.97. The summed E-state index contributed by atoms with van der Waals surface area (Å²) >= 11 is 8.72. The van der Waals surface area contributed by atoms with E-state index in [4.69, 9.17) is 11.6 Å². The van der Waals surface area contributed by atoms with Crippen molar-refractivity contribution in [3.63, 3.8) is 0 Å². The molecule has 0 saturated heterocycles. The van der Waals surface area contributed by atoms with E-state index in [1.165, 1.54) is 42.1 Å². The molecule has 11 heteroatoms. The molecule has 0 unspecified atom stereocenters. The van der Waals surface area contributed by atoms with E-state index in [1.807, 2.05) is 0 Å². The number of hydrazone groups is 1. The smallest absolute Gasteiger partial charge is 0.266 e. The first-order valence-electron chi connectivity index (χ1n) is 10.2. The van der Waals surface area contributed by atoms with Crippen LogP contribution in [0.2, 0.25) is 5.15 Å². The first-order chi connectivity index (χ1) is 16.1. The van der Waals surface area contributed by atoms with Gasteiger partial charge in [0.15, 0.2) is 4.38 Å². The van der Waals surface area contributed by atoms with Gasteiger partial charge in [0.25, 0.3) is 5.56 Å². The molecule has 0 aliphatic carbocycles. The van der Waals surface area contributed by atoms with Gasteiger partial charge in [-0.1, -0.05) is 47.3 Å². The molecule has 34 heavy (non-hydrogen) atoms. The van der Waals surface area contributed by atoms with Crippen molar-refractivity contribution < 1.29 is 4.39 Å². The number of anilines is 1. The first-order valence-corrected chi connectivity index (χ1v) is 12.4. The molecule has 0 amide bonds. The zero-order valence-electron chi connectivity index (χ0n) is 18.8. The number of rotatable bonds is 4. The van der Waals surface area contributed by atoms with Crippen LogP contribution in [0, 0.1) is 18.3 Å². The van der Waals surface area contributed by atoms with Gasteiger partial charge in [0.05, 0.1) is 29.2 Å². The fourth-order valence-corrected chi connectivity index (χ4v) is 5.75. The molecule has 7 nitrogen and oxygen atoms in total. The SMILES string of the molecule is Cc1cc(-n2ncc3c(c2=O)SC(SCc2ccc(C(C)(C)F)cc2C#N)=NN3C)cc(Cl)n1. The Labute approximate surface area is 209 Å². The van der Waals surface area contributed by atoms with Gasteiger partial charge in [0.2, 0.25) is 0 Å². The number of benzene rings is 1. The van der Waals surface area contributed by atoms with Gasteiger partial charge in [-0.3, -0.25) is 9.80 Å². The molecule has 0 N–H and O–H groups in total. The van der Waals surface area contributed by atoms with Gasteiger partial charge in [-0.15, -0.1) is 0 Å². The molecule has 3 aromatic rings. The Kier molecular flexibility index (Phi) is 6.71. The number of alkyl halides is 1. The van der Waals surface area contributed by atoms with Gasteiger partial charge in [-0.05, 0) is 44.0 Å². The minimum Gasteiger partial charge on any atom is -0.266 e. The molecule has 4 rings (SSSR count). The quantitative estimate of drug-likeness (QED) is 0.430. The van der Waals surface area contributed by atoms with Crippen LogP contribution in [0.3, 0.4) is 0 Å². The number of hydrogen-bond acceptors (Lipinski definition) is 8. The highest BCUT2D eigenvalue weighted by molar-refractivity contribution is 8.38. The fourth-order valence-electron chi connectivity index (χ4n) is 3.33. The molecule has 0 fully saturated rings. The highest BCUT2D eigenvalue weighted by atomic mass is 35.5. The average molecular weight is 515 g/mol. The number of halogens is 2. The van der Waals surface area contributed by atoms with E-state index in [0.717, 1.165) is 5.56 Å². The summed E-state index contributed by atoms with van der Waals surface area (Å²) in [5.74, 6) is 0.448. The molecular weight excluding hydrogens is 495 g/mol. The summed E-state index contributed by atoms with van der Waals surface area (Å²) in [6.45, 7) is 4.71. The number of aryl methyl sites for hydroxylation is 1. The number of thioether (sulfide) groups is 2. The summed E-state index contributed by atoms with van der Waals surface area (Å²) < 4.78 is 16.2. The standard InChI is InChI=1S/C23H20ClFN6OS2/c1-13-7-17(9-19(24)28-13)31-21(32)20-18(11-27-31)30(4)29-22(34-20)33-12-14-5-6-16(23(2,3)25)8-15(14)10-26/h5-9,11H,12H2,1-4H3. The van der Waals surface area contributed by atoms with Crippen LogP contribution in [0.5, 0.6) is 0 Å². The Morgan fingerprint density at radius 1 is 1.29 bits per heavy atom. The molecule has 0 saturated carbocycles. The molecular formula is C23H20ClFN6OS2. The topological polar surface area (TPSA) is 87.2 Å². The van der Waals surface area contributed by atoms with Gasteiger partial charge >= 0.3 is 0 Å². The van der Waals surface area contributed by atoms with Crippen molar-refractivity contribution in [2.24, 2.45) is 5.10 Å². The average Bonchev–Trinajstić information content (AvgIpc) is 2.77.